The van der Waals surface area contributed by atoms with Gasteiger partial charge in [0, 0.05) is 17.6 Å². The first kappa shape index (κ1) is 12.7. The Morgan fingerprint density at radius 2 is 2.22 bits per heavy atom. The van der Waals surface area contributed by atoms with Gasteiger partial charge in [0.2, 0.25) is 0 Å². The highest BCUT2D eigenvalue weighted by Gasteiger charge is 2.11. The summed E-state index contributed by atoms with van der Waals surface area (Å²) in [5, 5.41) is 4.48. The molecule has 1 heterocycles. The van der Waals surface area contributed by atoms with Crippen molar-refractivity contribution in [3.8, 4) is 5.75 Å². The standard InChI is InChI=1S/C12H14ClN3O2/c1-3-18-11-6-4-5-10(13)9(11)7-16-8-14-15(2)12(16)17/h4-6,8H,3,7H2,1-2H3. The minimum atomic E-state index is -0.183. The second-order valence-corrected chi connectivity index (χ2v) is 4.22. The van der Waals surface area contributed by atoms with E-state index in [0.717, 1.165) is 5.56 Å². The first-order valence-electron chi connectivity index (χ1n) is 5.62. The third-order valence-corrected chi connectivity index (χ3v) is 2.95. The molecular weight excluding hydrogens is 254 g/mol. The molecule has 0 spiro atoms. The van der Waals surface area contributed by atoms with Crippen LogP contribution in [0.3, 0.4) is 0 Å². The summed E-state index contributed by atoms with van der Waals surface area (Å²) in [5.41, 5.74) is 0.605. The average Bonchev–Trinajstić information content (AvgIpc) is 2.65. The number of hydrogen-bond acceptors (Lipinski definition) is 3. The van der Waals surface area contributed by atoms with Gasteiger partial charge in [-0.05, 0) is 19.1 Å². The molecule has 0 bridgehead atoms. The smallest absolute Gasteiger partial charge is 0.345 e. The van der Waals surface area contributed by atoms with Crippen LogP contribution in [0.25, 0.3) is 0 Å². The normalized spacial score (nSPS) is 10.6. The van der Waals surface area contributed by atoms with Crippen LogP contribution in [0.4, 0.5) is 0 Å². The van der Waals surface area contributed by atoms with Gasteiger partial charge >= 0.3 is 5.69 Å². The van der Waals surface area contributed by atoms with Gasteiger partial charge in [0.05, 0.1) is 13.2 Å². The fourth-order valence-electron chi connectivity index (χ4n) is 1.69. The second-order valence-electron chi connectivity index (χ2n) is 3.81. The molecule has 0 saturated carbocycles. The zero-order valence-electron chi connectivity index (χ0n) is 10.3. The summed E-state index contributed by atoms with van der Waals surface area (Å²) in [6.45, 7) is 2.80. The summed E-state index contributed by atoms with van der Waals surface area (Å²) in [5.74, 6) is 0.695. The van der Waals surface area contributed by atoms with E-state index in [1.165, 1.54) is 15.6 Å². The van der Waals surface area contributed by atoms with E-state index in [1.807, 2.05) is 19.1 Å². The molecule has 0 aliphatic carbocycles. The molecule has 2 rings (SSSR count). The van der Waals surface area contributed by atoms with Crippen molar-refractivity contribution in [3.05, 3.63) is 45.6 Å². The molecule has 18 heavy (non-hydrogen) atoms. The molecule has 96 valence electrons. The maximum absolute atomic E-state index is 11.7. The number of rotatable bonds is 4. The number of aromatic nitrogens is 3. The Hall–Kier alpha value is -1.75. The number of halogens is 1. The van der Waals surface area contributed by atoms with Gasteiger partial charge in [-0.15, -0.1) is 0 Å². The number of aryl methyl sites for hydroxylation is 1. The van der Waals surface area contributed by atoms with Crippen molar-refractivity contribution in [1.29, 1.82) is 0 Å². The second kappa shape index (κ2) is 5.27. The first-order chi connectivity index (χ1) is 8.63. The van der Waals surface area contributed by atoms with Crippen molar-refractivity contribution in [3.63, 3.8) is 0 Å². The molecular formula is C12H14ClN3O2. The molecule has 0 amide bonds. The quantitative estimate of drug-likeness (QED) is 0.847. The van der Waals surface area contributed by atoms with Gasteiger partial charge in [-0.3, -0.25) is 4.57 Å². The molecule has 0 unspecified atom stereocenters. The van der Waals surface area contributed by atoms with Crippen LogP contribution in [-0.4, -0.2) is 21.0 Å². The van der Waals surface area contributed by atoms with Gasteiger partial charge in [0.15, 0.2) is 0 Å². The van der Waals surface area contributed by atoms with Crippen LogP contribution in [0.5, 0.6) is 5.75 Å². The lowest BCUT2D eigenvalue weighted by Gasteiger charge is -2.11. The van der Waals surface area contributed by atoms with Gasteiger partial charge < -0.3 is 4.74 Å². The van der Waals surface area contributed by atoms with Crippen LogP contribution in [-0.2, 0) is 13.6 Å². The number of ether oxygens (including phenoxy) is 1. The van der Waals surface area contributed by atoms with Crippen molar-refractivity contribution < 1.29 is 4.74 Å². The number of hydrogen-bond donors (Lipinski definition) is 0. The van der Waals surface area contributed by atoms with Crippen LogP contribution in [0.1, 0.15) is 12.5 Å². The molecule has 1 aromatic carbocycles. The van der Waals surface area contributed by atoms with Crippen molar-refractivity contribution in [2.75, 3.05) is 6.61 Å². The molecule has 2 aromatic rings. The van der Waals surface area contributed by atoms with Crippen LogP contribution in [0, 0.1) is 0 Å². The Morgan fingerprint density at radius 1 is 1.44 bits per heavy atom. The fourth-order valence-corrected chi connectivity index (χ4v) is 1.91. The molecule has 1 aromatic heterocycles. The molecule has 0 N–H and O–H groups in total. The Labute approximate surface area is 110 Å². The van der Waals surface area contributed by atoms with E-state index in [4.69, 9.17) is 16.3 Å². The topological polar surface area (TPSA) is 49.0 Å². The molecule has 0 atom stereocenters. The van der Waals surface area contributed by atoms with Crippen molar-refractivity contribution in [1.82, 2.24) is 14.3 Å². The predicted molar refractivity (Wildman–Crippen MR) is 69.2 cm³/mol. The number of nitrogens with zero attached hydrogens (tertiary/aromatic N) is 3. The molecule has 6 heteroatoms. The minimum absolute atomic E-state index is 0.183. The monoisotopic (exact) mass is 267 g/mol. The third-order valence-electron chi connectivity index (χ3n) is 2.59. The van der Waals surface area contributed by atoms with E-state index in [-0.39, 0.29) is 5.69 Å². The summed E-state index contributed by atoms with van der Waals surface area (Å²) < 4.78 is 8.27. The van der Waals surface area contributed by atoms with E-state index in [0.29, 0.717) is 23.9 Å². The minimum Gasteiger partial charge on any atom is -0.493 e. The Kier molecular flexibility index (Phi) is 3.72. The highest BCUT2D eigenvalue weighted by Crippen LogP contribution is 2.26. The van der Waals surface area contributed by atoms with Gasteiger partial charge in [-0.1, -0.05) is 17.7 Å². The third kappa shape index (κ3) is 2.41. The maximum Gasteiger partial charge on any atom is 0.345 e. The van der Waals surface area contributed by atoms with E-state index in [9.17, 15) is 4.79 Å². The lowest BCUT2D eigenvalue weighted by Crippen LogP contribution is -2.23. The highest BCUT2D eigenvalue weighted by molar-refractivity contribution is 6.31. The SMILES string of the molecule is CCOc1cccc(Cl)c1Cn1cnn(C)c1=O. The van der Waals surface area contributed by atoms with E-state index < -0.39 is 0 Å². The van der Waals surface area contributed by atoms with E-state index in [2.05, 4.69) is 5.10 Å². The molecule has 0 radical (unpaired) electrons. The lowest BCUT2D eigenvalue weighted by atomic mass is 10.2. The Balaban J connectivity index is 2.39. The van der Waals surface area contributed by atoms with Crippen molar-refractivity contribution in [2.45, 2.75) is 13.5 Å². The predicted octanol–water partition coefficient (Wildman–Crippen LogP) is 1.68. The van der Waals surface area contributed by atoms with E-state index >= 15 is 0 Å². The van der Waals surface area contributed by atoms with Crippen LogP contribution in [0.2, 0.25) is 5.02 Å². The summed E-state index contributed by atoms with van der Waals surface area (Å²) in [6, 6.07) is 5.44. The largest absolute Gasteiger partial charge is 0.493 e. The molecule has 0 aliphatic heterocycles. The van der Waals surface area contributed by atoms with Crippen LogP contribution < -0.4 is 10.4 Å². The summed E-state index contributed by atoms with van der Waals surface area (Å²) in [6.07, 6.45) is 1.49. The zero-order chi connectivity index (χ0) is 13.1. The average molecular weight is 268 g/mol. The van der Waals surface area contributed by atoms with Gasteiger partial charge in [0.1, 0.15) is 12.1 Å². The summed E-state index contributed by atoms with van der Waals surface area (Å²) in [4.78, 5) is 11.7. The van der Waals surface area contributed by atoms with E-state index in [1.54, 1.807) is 13.1 Å². The van der Waals surface area contributed by atoms with Crippen LogP contribution >= 0.6 is 11.6 Å². The first-order valence-corrected chi connectivity index (χ1v) is 6.00. The van der Waals surface area contributed by atoms with Crippen molar-refractivity contribution in [2.24, 2.45) is 7.05 Å². The van der Waals surface area contributed by atoms with Crippen molar-refractivity contribution >= 4 is 11.6 Å². The fraction of sp³-hybridized carbons (Fsp3) is 0.333. The zero-order valence-corrected chi connectivity index (χ0v) is 11.0. The summed E-state index contributed by atoms with van der Waals surface area (Å²) in [7, 11) is 1.61. The molecule has 0 fully saturated rings. The molecule has 0 saturated heterocycles. The van der Waals surface area contributed by atoms with Gasteiger partial charge in [-0.2, -0.15) is 5.10 Å². The highest BCUT2D eigenvalue weighted by atomic mass is 35.5. The molecule has 0 aliphatic rings. The van der Waals surface area contributed by atoms with Crippen LogP contribution in [0.15, 0.2) is 29.3 Å². The maximum atomic E-state index is 11.7. The molecule has 5 nitrogen and oxygen atoms in total. The Bertz CT molecular complexity index is 604. The number of benzene rings is 1. The Morgan fingerprint density at radius 3 is 2.83 bits per heavy atom. The van der Waals surface area contributed by atoms with Gasteiger partial charge in [-0.25, -0.2) is 9.48 Å². The van der Waals surface area contributed by atoms with Gasteiger partial charge in [0.25, 0.3) is 0 Å². The summed E-state index contributed by atoms with van der Waals surface area (Å²) >= 11 is 6.15. The lowest BCUT2D eigenvalue weighted by molar-refractivity contribution is 0.335.